The second kappa shape index (κ2) is 3.73. The highest BCUT2D eigenvalue weighted by molar-refractivity contribution is 6.17. The third-order valence-electron chi connectivity index (χ3n) is 4.16. The van der Waals surface area contributed by atoms with Gasteiger partial charge in [-0.25, -0.2) is 0 Å². The van der Waals surface area contributed by atoms with E-state index in [1.54, 1.807) is 0 Å². The fraction of sp³-hybridized carbons (Fsp3) is 0.118. The van der Waals surface area contributed by atoms with Gasteiger partial charge in [0.25, 0.3) is 0 Å². The van der Waals surface area contributed by atoms with Gasteiger partial charge in [-0.3, -0.25) is 4.98 Å². The van der Waals surface area contributed by atoms with Crippen molar-refractivity contribution in [1.82, 2.24) is 9.97 Å². The van der Waals surface area contributed by atoms with Crippen LogP contribution in [0.4, 0.5) is 0 Å². The fourth-order valence-corrected chi connectivity index (χ4v) is 3.20. The molecule has 3 heteroatoms. The van der Waals surface area contributed by atoms with Crippen LogP contribution in [0, 0.1) is 13.8 Å². The molecule has 0 saturated carbocycles. The van der Waals surface area contributed by atoms with E-state index in [0.717, 1.165) is 32.9 Å². The average molecular weight is 262 g/mol. The Hall–Kier alpha value is -2.55. The Morgan fingerprint density at radius 3 is 2.60 bits per heavy atom. The first-order valence-electron chi connectivity index (χ1n) is 6.64. The number of aromatic nitrogens is 2. The molecule has 20 heavy (non-hydrogen) atoms. The van der Waals surface area contributed by atoms with Crippen molar-refractivity contribution >= 4 is 32.6 Å². The van der Waals surface area contributed by atoms with E-state index in [-0.39, 0.29) is 5.75 Å². The van der Waals surface area contributed by atoms with E-state index in [0.29, 0.717) is 0 Å². The quantitative estimate of drug-likeness (QED) is 0.499. The van der Waals surface area contributed by atoms with Gasteiger partial charge in [-0.1, -0.05) is 18.2 Å². The number of para-hydroxylation sites is 1. The number of aryl methyl sites for hydroxylation is 2. The average Bonchev–Trinajstić information content (AvgIpc) is 2.84. The molecule has 4 aromatic rings. The Bertz CT molecular complexity index is 983. The summed E-state index contributed by atoms with van der Waals surface area (Å²) in [5, 5.41) is 14.5. The third-order valence-corrected chi connectivity index (χ3v) is 4.16. The highest BCUT2D eigenvalue weighted by atomic mass is 16.3. The van der Waals surface area contributed by atoms with Crippen molar-refractivity contribution in [3.63, 3.8) is 0 Å². The first-order chi connectivity index (χ1) is 9.68. The predicted octanol–water partition coefficient (Wildman–Crippen LogP) is 4.19. The summed E-state index contributed by atoms with van der Waals surface area (Å²) in [4.78, 5) is 7.60. The summed E-state index contributed by atoms with van der Waals surface area (Å²) in [6, 6.07) is 8.29. The molecule has 98 valence electrons. The summed E-state index contributed by atoms with van der Waals surface area (Å²) in [7, 11) is 0. The summed E-state index contributed by atoms with van der Waals surface area (Å²) in [6.07, 6.45) is 3.34. The van der Waals surface area contributed by atoms with E-state index in [1.165, 1.54) is 17.0 Å². The van der Waals surface area contributed by atoms with Crippen LogP contribution >= 0.6 is 0 Å². The number of hydrogen-bond donors (Lipinski definition) is 2. The van der Waals surface area contributed by atoms with E-state index in [4.69, 9.17) is 0 Å². The minimum Gasteiger partial charge on any atom is -0.506 e. The van der Waals surface area contributed by atoms with Crippen molar-refractivity contribution < 1.29 is 5.11 Å². The molecule has 2 heterocycles. The standard InChI is InChI=1S/C17H14N2O/c1-9-12-7-18-8-14(20)15(12)10(2)17-16(9)11-5-3-4-6-13(11)19-17/h3-8,19-20H,1-2H3. The van der Waals surface area contributed by atoms with Gasteiger partial charge >= 0.3 is 0 Å². The molecule has 0 bridgehead atoms. The topological polar surface area (TPSA) is 48.9 Å². The second-order valence-electron chi connectivity index (χ2n) is 5.25. The molecular weight excluding hydrogens is 248 g/mol. The lowest BCUT2D eigenvalue weighted by Gasteiger charge is -2.09. The van der Waals surface area contributed by atoms with Gasteiger partial charge in [0.2, 0.25) is 0 Å². The van der Waals surface area contributed by atoms with Crippen LogP contribution < -0.4 is 0 Å². The van der Waals surface area contributed by atoms with Gasteiger partial charge in [0.1, 0.15) is 5.75 Å². The molecule has 2 aromatic carbocycles. The van der Waals surface area contributed by atoms with E-state index >= 15 is 0 Å². The maximum Gasteiger partial charge on any atom is 0.142 e. The molecule has 0 fully saturated rings. The van der Waals surface area contributed by atoms with E-state index < -0.39 is 0 Å². The van der Waals surface area contributed by atoms with Crippen LogP contribution in [0.1, 0.15) is 11.1 Å². The van der Waals surface area contributed by atoms with Gasteiger partial charge in [-0.2, -0.15) is 0 Å². The molecule has 0 aliphatic rings. The molecule has 0 spiro atoms. The molecule has 2 aromatic heterocycles. The van der Waals surface area contributed by atoms with Crippen LogP contribution in [-0.4, -0.2) is 15.1 Å². The smallest absolute Gasteiger partial charge is 0.142 e. The number of aromatic hydroxyl groups is 1. The molecule has 0 radical (unpaired) electrons. The molecule has 3 nitrogen and oxygen atoms in total. The number of H-pyrrole nitrogens is 1. The number of benzene rings is 2. The second-order valence-corrected chi connectivity index (χ2v) is 5.25. The molecule has 0 atom stereocenters. The summed E-state index contributed by atoms with van der Waals surface area (Å²) in [6.45, 7) is 4.13. The number of nitrogens with zero attached hydrogens (tertiary/aromatic N) is 1. The highest BCUT2D eigenvalue weighted by Crippen LogP contribution is 2.38. The first-order valence-corrected chi connectivity index (χ1v) is 6.64. The fourth-order valence-electron chi connectivity index (χ4n) is 3.20. The van der Waals surface area contributed by atoms with Crippen molar-refractivity contribution in [3.05, 3.63) is 47.8 Å². The van der Waals surface area contributed by atoms with Crippen LogP contribution in [0.5, 0.6) is 5.75 Å². The van der Waals surface area contributed by atoms with Crippen LogP contribution in [0.2, 0.25) is 0 Å². The van der Waals surface area contributed by atoms with E-state index in [1.807, 2.05) is 19.2 Å². The number of nitrogens with one attached hydrogen (secondary N) is 1. The van der Waals surface area contributed by atoms with Crippen LogP contribution in [0.3, 0.4) is 0 Å². The summed E-state index contributed by atoms with van der Waals surface area (Å²) >= 11 is 0. The molecule has 0 unspecified atom stereocenters. The van der Waals surface area contributed by atoms with Crippen molar-refractivity contribution in [2.24, 2.45) is 0 Å². The Morgan fingerprint density at radius 1 is 0.950 bits per heavy atom. The normalized spacial score (nSPS) is 11.7. The number of fused-ring (bicyclic) bond motifs is 4. The number of rotatable bonds is 0. The van der Waals surface area contributed by atoms with Gasteiger partial charge in [0.05, 0.1) is 11.7 Å². The Kier molecular flexibility index (Phi) is 2.11. The highest BCUT2D eigenvalue weighted by Gasteiger charge is 2.15. The van der Waals surface area contributed by atoms with Crippen molar-refractivity contribution in [1.29, 1.82) is 0 Å². The third kappa shape index (κ3) is 1.27. The monoisotopic (exact) mass is 262 g/mol. The molecule has 0 saturated heterocycles. The lowest BCUT2D eigenvalue weighted by Crippen LogP contribution is -1.88. The van der Waals surface area contributed by atoms with Crippen molar-refractivity contribution in [2.45, 2.75) is 13.8 Å². The Morgan fingerprint density at radius 2 is 1.75 bits per heavy atom. The minimum absolute atomic E-state index is 0.239. The lowest BCUT2D eigenvalue weighted by molar-refractivity contribution is 0.479. The molecule has 0 aliphatic heterocycles. The SMILES string of the molecule is Cc1c2[nH]c3ccccc3c2c(C)c2cncc(O)c12. The lowest BCUT2D eigenvalue weighted by atomic mass is 9.96. The van der Waals surface area contributed by atoms with E-state index in [9.17, 15) is 5.11 Å². The van der Waals surface area contributed by atoms with Crippen molar-refractivity contribution in [3.8, 4) is 5.75 Å². The zero-order valence-corrected chi connectivity index (χ0v) is 11.4. The van der Waals surface area contributed by atoms with Crippen LogP contribution in [-0.2, 0) is 0 Å². The molecule has 2 N–H and O–H groups in total. The summed E-state index contributed by atoms with van der Waals surface area (Å²) in [5.41, 5.74) is 4.44. The summed E-state index contributed by atoms with van der Waals surface area (Å²) in [5.74, 6) is 0.239. The molecule has 0 aliphatic carbocycles. The van der Waals surface area contributed by atoms with Crippen molar-refractivity contribution in [2.75, 3.05) is 0 Å². The van der Waals surface area contributed by atoms with Gasteiger partial charge in [0, 0.05) is 33.3 Å². The maximum atomic E-state index is 10.1. The van der Waals surface area contributed by atoms with Gasteiger partial charge in [-0.05, 0) is 31.0 Å². The first kappa shape index (κ1) is 11.3. The number of hydrogen-bond acceptors (Lipinski definition) is 2. The van der Waals surface area contributed by atoms with Crippen LogP contribution in [0.25, 0.3) is 32.6 Å². The van der Waals surface area contributed by atoms with E-state index in [2.05, 4.69) is 35.1 Å². The van der Waals surface area contributed by atoms with Gasteiger partial charge in [-0.15, -0.1) is 0 Å². The number of aromatic amines is 1. The van der Waals surface area contributed by atoms with Gasteiger partial charge in [0.15, 0.2) is 0 Å². The maximum absolute atomic E-state index is 10.1. The summed E-state index contributed by atoms with van der Waals surface area (Å²) < 4.78 is 0. The largest absolute Gasteiger partial charge is 0.506 e. The molecular formula is C17H14N2O. The molecule has 4 rings (SSSR count). The van der Waals surface area contributed by atoms with Crippen LogP contribution in [0.15, 0.2) is 36.7 Å². The zero-order valence-electron chi connectivity index (χ0n) is 11.4. The zero-order chi connectivity index (χ0) is 13.9. The molecule has 0 amide bonds. The Labute approximate surface area is 115 Å². The minimum atomic E-state index is 0.239. The predicted molar refractivity (Wildman–Crippen MR) is 82.2 cm³/mol. The Balaban J connectivity index is 2.40. The van der Waals surface area contributed by atoms with Gasteiger partial charge < -0.3 is 10.1 Å². The number of pyridine rings is 1.